The Kier molecular flexibility index (Phi) is 7.44. The Morgan fingerprint density at radius 2 is 1.67 bits per heavy atom. The van der Waals surface area contributed by atoms with Gasteiger partial charge in [0.1, 0.15) is 11.0 Å². The molecule has 0 aliphatic carbocycles. The second-order valence-corrected chi connectivity index (χ2v) is 12.9. The first kappa shape index (κ1) is 29.8. The zero-order valence-electron chi connectivity index (χ0n) is 23.5. The average Bonchev–Trinajstić information content (AvgIpc) is 3.53. The normalized spacial score (nSPS) is 19.2. The third-order valence-corrected chi connectivity index (χ3v) is 10.3. The smallest absolute Gasteiger partial charge is 0.416 e. The first-order valence-corrected chi connectivity index (χ1v) is 15.7. The molecule has 7 rings (SSSR count). The number of thioether (sulfide) groups is 1. The molecule has 13 heteroatoms. The van der Waals surface area contributed by atoms with Crippen LogP contribution >= 0.6 is 23.1 Å². The number of thiazole rings is 1. The molecule has 3 atom stereocenters. The third-order valence-electron chi connectivity index (χ3n) is 7.91. The van der Waals surface area contributed by atoms with Gasteiger partial charge in [0.2, 0.25) is 11.8 Å². The van der Waals surface area contributed by atoms with Crippen LogP contribution in [0.15, 0.2) is 101 Å². The molecule has 8 nitrogen and oxygen atoms in total. The van der Waals surface area contributed by atoms with Gasteiger partial charge in [-0.3, -0.25) is 19.2 Å². The lowest BCUT2D eigenvalue weighted by molar-refractivity contribution is -0.137. The molecule has 3 heterocycles. The Morgan fingerprint density at radius 3 is 2.50 bits per heavy atom. The Hall–Kier alpha value is -4.88. The van der Waals surface area contributed by atoms with E-state index in [1.165, 1.54) is 6.07 Å². The summed E-state index contributed by atoms with van der Waals surface area (Å²) in [7, 11) is 0. The number of nitrogens with one attached hydrogen (secondary N) is 2. The Bertz CT molecular complexity index is 2090. The number of ether oxygens (including phenoxy) is 1. The number of carbonyl (C=O) groups is 3. The number of hydrogen-bond acceptors (Lipinski definition) is 7. The van der Waals surface area contributed by atoms with Gasteiger partial charge in [0.05, 0.1) is 22.2 Å². The van der Waals surface area contributed by atoms with E-state index in [2.05, 4.69) is 10.3 Å². The van der Waals surface area contributed by atoms with Crippen LogP contribution in [0, 0.1) is 5.92 Å². The van der Waals surface area contributed by atoms with Crippen molar-refractivity contribution < 1.29 is 32.3 Å². The van der Waals surface area contributed by atoms with Crippen molar-refractivity contribution in [2.45, 2.75) is 22.4 Å². The number of fused-ring (bicyclic) bond motifs is 3. The minimum atomic E-state index is -4.66. The lowest BCUT2D eigenvalue weighted by atomic mass is 9.83. The van der Waals surface area contributed by atoms with Gasteiger partial charge in [-0.25, -0.2) is 4.90 Å². The van der Waals surface area contributed by atoms with Gasteiger partial charge in [0.15, 0.2) is 6.61 Å². The van der Waals surface area contributed by atoms with Crippen LogP contribution in [-0.2, 0) is 20.6 Å². The predicted molar refractivity (Wildman–Crippen MR) is 168 cm³/mol. The van der Waals surface area contributed by atoms with E-state index in [9.17, 15) is 32.3 Å². The van der Waals surface area contributed by atoms with Crippen LogP contribution in [0.3, 0.4) is 0 Å². The van der Waals surface area contributed by atoms with Crippen molar-refractivity contribution >= 4 is 63.0 Å². The topological polar surface area (TPSA) is 109 Å². The quantitative estimate of drug-likeness (QED) is 0.203. The summed E-state index contributed by atoms with van der Waals surface area (Å²) in [5.41, 5.74) is 0.0220. The van der Waals surface area contributed by atoms with Crippen LogP contribution in [0.2, 0.25) is 0 Å². The lowest BCUT2D eigenvalue weighted by Crippen LogP contribution is -2.32. The van der Waals surface area contributed by atoms with E-state index in [0.717, 1.165) is 57.0 Å². The molecular formula is C33H22F3N3O5S2. The summed E-state index contributed by atoms with van der Waals surface area (Å²) < 4.78 is 46.2. The van der Waals surface area contributed by atoms with Crippen molar-refractivity contribution in [1.29, 1.82) is 0 Å². The molecule has 1 saturated heterocycles. The number of H-pyrrole nitrogens is 1. The Morgan fingerprint density at radius 1 is 0.913 bits per heavy atom. The van der Waals surface area contributed by atoms with E-state index >= 15 is 0 Å². The standard InChI is InChI=1S/C33H22F3N3O5S2/c34-33(35,36)19-9-5-10-20(15-19)39-30(41)26-25(27-29(38-32(43)46-27)45-28(26)31(39)42)18-8-3-11-21(14-18)44-16-24(40)37-23-13-4-7-17-6-1-2-12-22(17)23/h1-15,25-26,28H,16H2,(H,37,40)(H,38,43). The van der Waals surface area contributed by atoms with Gasteiger partial charge in [-0.2, -0.15) is 13.2 Å². The van der Waals surface area contributed by atoms with Crippen LogP contribution in [0.1, 0.15) is 21.9 Å². The fraction of sp³-hybridized carbons (Fsp3) is 0.152. The number of aromatic amines is 1. The second kappa shape index (κ2) is 11.5. The van der Waals surface area contributed by atoms with Crippen LogP contribution < -0.4 is 19.8 Å². The molecule has 2 aliphatic heterocycles. The van der Waals surface area contributed by atoms with Crippen LogP contribution in [0.5, 0.6) is 5.75 Å². The number of imide groups is 1. The summed E-state index contributed by atoms with van der Waals surface area (Å²) >= 11 is 1.93. The number of alkyl halides is 3. The first-order valence-electron chi connectivity index (χ1n) is 14.0. The van der Waals surface area contributed by atoms with Gasteiger partial charge < -0.3 is 15.0 Å². The molecule has 0 spiro atoms. The maximum Gasteiger partial charge on any atom is 0.416 e. The highest BCUT2D eigenvalue weighted by Gasteiger charge is 2.56. The number of aromatic nitrogens is 1. The van der Waals surface area contributed by atoms with E-state index in [0.29, 0.717) is 26.9 Å². The minimum absolute atomic E-state index is 0.176. The highest BCUT2D eigenvalue weighted by molar-refractivity contribution is 8.00. The molecule has 2 aliphatic rings. The number of halogens is 3. The first-order chi connectivity index (χ1) is 22.1. The SMILES string of the molecule is O=C(COc1cccc(C2c3sc(=O)[nH]c3SC3C(=O)N(c4cccc(C(F)(F)F)c4)C(=O)C32)c1)Nc1cccc2ccccc12. The summed E-state index contributed by atoms with van der Waals surface area (Å²) in [6, 6.07) is 24.0. The lowest BCUT2D eigenvalue weighted by Gasteiger charge is -2.30. The average molecular weight is 662 g/mol. The second-order valence-electron chi connectivity index (χ2n) is 10.7. The van der Waals surface area contributed by atoms with Crippen LogP contribution in [0.4, 0.5) is 24.5 Å². The number of hydrogen-bond donors (Lipinski definition) is 2. The number of benzene rings is 4. The van der Waals surface area contributed by atoms with Crippen molar-refractivity contribution in [3.8, 4) is 5.75 Å². The maximum absolute atomic E-state index is 13.9. The van der Waals surface area contributed by atoms with Crippen molar-refractivity contribution in [2.24, 2.45) is 5.92 Å². The molecule has 0 bridgehead atoms. The highest BCUT2D eigenvalue weighted by atomic mass is 32.2. The molecule has 1 aromatic heterocycles. The van der Waals surface area contributed by atoms with Gasteiger partial charge in [-0.15, -0.1) is 0 Å². The Labute approximate surface area is 267 Å². The Balaban J connectivity index is 1.17. The fourth-order valence-electron chi connectivity index (χ4n) is 5.92. The number of anilines is 2. The van der Waals surface area contributed by atoms with Gasteiger partial charge >= 0.3 is 11.0 Å². The zero-order valence-corrected chi connectivity index (χ0v) is 25.2. The van der Waals surface area contributed by atoms with Crippen molar-refractivity contribution in [3.05, 3.63) is 117 Å². The number of rotatable bonds is 6. The fourth-order valence-corrected chi connectivity index (χ4v) is 8.43. The van der Waals surface area contributed by atoms with Gasteiger partial charge in [-0.1, -0.05) is 77.7 Å². The van der Waals surface area contributed by atoms with Crippen molar-refractivity contribution in [3.63, 3.8) is 0 Å². The van der Waals surface area contributed by atoms with E-state index in [1.807, 2.05) is 36.4 Å². The number of carbonyl (C=O) groups excluding carboxylic acids is 3. The summed E-state index contributed by atoms with van der Waals surface area (Å²) in [6.45, 7) is -0.317. The highest BCUT2D eigenvalue weighted by Crippen LogP contribution is 2.53. The van der Waals surface area contributed by atoms with Gasteiger partial charge in [0.25, 0.3) is 5.91 Å². The molecule has 5 aromatic rings. The number of amides is 3. The summed E-state index contributed by atoms with van der Waals surface area (Å²) in [5, 5.41) is 4.15. The van der Waals surface area contributed by atoms with Crippen molar-refractivity contribution in [1.82, 2.24) is 4.98 Å². The minimum Gasteiger partial charge on any atom is -0.484 e. The summed E-state index contributed by atoms with van der Waals surface area (Å²) in [5.74, 6) is -3.19. The monoisotopic (exact) mass is 661 g/mol. The van der Waals surface area contributed by atoms with E-state index in [-0.39, 0.29) is 17.2 Å². The summed E-state index contributed by atoms with van der Waals surface area (Å²) in [4.78, 5) is 56.5. The molecule has 3 unspecified atom stereocenters. The molecule has 2 N–H and O–H groups in total. The van der Waals surface area contributed by atoms with Gasteiger partial charge in [0, 0.05) is 21.9 Å². The van der Waals surface area contributed by atoms with Gasteiger partial charge in [-0.05, 0) is 47.3 Å². The molecule has 1 fully saturated rings. The number of nitrogens with zero attached hydrogens (tertiary/aromatic N) is 1. The predicted octanol–water partition coefficient (Wildman–Crippen LogP) is 6.42. The third kappa shape index (κ3) is 5.35. The molecule has 4 aromatic carbocycles. The summed E-state index contributed by atoms with van der Waals surface area (Å²) in [6.07, 6.45) is -4.66. The largest absolute Gasteiger partial charge is 0.484 e. The molecular weight excluding hydrogens is 640 g/mol. The van der Waals surface area contributed by atoms with Crippen LogP contribution in [0.25, 0.3) is 10.8 Å². The van der Waals surface area contributed by atoms with Crippen LogP contribution in [-0.4, -0.2) is 34.6 Å². The molecule has 3 amide bonds. The molecule has 46 heavy (non-hydrogen) atoms. The molecule has 232 valence electrons. The maximum atomic E-state index is 13.9. The van der Waals surface area contributed by atoms with Crippen molar-refractivity contribution in [2.75, 3.05) is 16.8 Å². The molecule has 0 radical (unpaired) electrons. The van der Waals surface area contributed by atoms with E-state index in [1.54, 1.807) is 30.3 Å². The van der Waals surface area contributed by atoms with E-state index < -0.39 is 46.5 Å². The zero-order chi connectivity index (χ0) is 32.2. The van der Waals surface area contributed by atoms with E-state index in [4.69, 9.17) is 4.74 Å². The molecule has 0 saturated carbocycles.